The summed E-state index contributed by atoms with van der Waals surface area (Å²) in [6, 6.07) is 30.4. The van der Waals surface area contributed by atoms with Gasteiger partial charge in [-0.15, -0.1) is 0 Å². The fourth-order valence-electron chi connectivity index (χ4n) is 5.13. The number of nitrogens with zero attached hydrogens (tertiary/aromatic N) is 1. The average molecular weight is 498 g/mol. The number of carbonyl (C=O) groups excluding carboxylic acids is 2. The van der Waals surface area contributed by atoms with Crippen LogP contribution in [0.2, 0.25) is 0 Å². The molecule has 0 aliphatic carbocycles. The van der Waals surface area contributed by atoms with Crippen molar-refractivity contribution >= 4 is 55.3 Å². The Morgan fingerprint density at radius 2 is 1.13 bits per heavy atom. The summed E-state index contributed by atoms with van der Waals surface area (Å²) in [5, 5.41) is 7.07. The molecule has 0 atom stereocenters. The number of ether oxygens (including phenoxy) is 2. The van der Waals surface area contributed by atoms with Gasteiger partial charge in [0.05, 0.1) is 11.0 Å². The third-order valence-corrected chi connectivity index (χ3v) is 6.70. The van der Waals surface area contributed by atoms with Gasteiger partial charge in [-0.25, -0.2) is 9.59 Å². The predicted molar refractivity (Wildman–Crippen MR) is 152 cm³/mol. The molecule has 0 radical (unpaired) electrons. The molecule has 1 aromatic heterocycles. The minimum absolute atomic E-state index is 0.260. The van der Waals surface area contributed by atoms with E-state index in [1.165, 1.54) is 38.4 Å². The summed E-state index contributed by atoms with van der Waals surface area (Å²) in [4.78, 5) is 23.9. The highest BCUT2D eigenvalue weighted by molar-refractivity contribution is 6.28. The standard InChI is InChI=1S/C33H23NO4/c1-3-30(35)37-24-17-21(18-25(19-24)38-31(36)4-2)20-34-28-15-13-22-9-5-7-11-26(22)32(28)33-27-12-8-6-10-23(27)14-16-29(33)34/h3-19H,1-2,20H2. The maximum Gasteiger partial charge on any atom is 0.335 e. The molecule has 0 aliphatic heterocycles. The van der Waals surface area contributed by atoms with Crippen LogP contribution in [0, 0.1) is 0 Å². The van der Waals surface area contributed by atoms with Crippen molar-refractivity contribution in [2.45, 2.75) is 6.54 Å². The van der Waals surface area contributed by atoms with Gasteiger partial charge in [0, 0.05) is 35.5 Å². The number of hydrogen-bond acceptors (Lipinski definition) is 4. The van der Waals surface area contributed by atoms with Crippen molar-refractivity contribution < 1.29 is 19.1 Å². The predicted octanol–water partition coefficient (Wildman–Crippen LogP) is 7.33. The molecule has 5 heteroatoms. The van der Waals surface area contributed by atoms with E-state index in [9.17, 15) is 9.59 Å². The smallest absolute Gasteiger partial charge is 0.335 e. The summed E-state index contributed by atoms with van der Waals surface area (Å²) in [5.74, 6) is -0.678. The number of rotatable bonds is 6. The Kier molecular flexibility index (Phi) is 5.74. The molecule has 0 saturated carbocycles. The second kappa shape index (κ2) is 9.37. The number of benzene rings is 5. The third kappa shape index (κ3) is 4.00. The first-order valence-corrected chi connectivity index (χ1v) is 12.2. The van der Waals surface area contributed by atoms with Gasteiger partial charge in [-0.3, -0.25) is 0 Å². The van der Waals surface area contributed by atoms with Crippen molar-refractivity contribution in [2.75, 3.05) is 0 Å². The van der Waals surface area contributed by atoms with Gasteiger partial charge in [0.25, 0.3) is 0 Å². The summed E-state index contributed by atoms with van der Waals surface area (Å²) in [6.07, 6.45) is 2.18. The SMILES string of the molecule is C=CC(=O)Oc1cc(Cn2c3ccc4ccccc4c3c3c4ccccc4ccc32)cc(OC(=O)C=C)c1. The van der Waals surface area contributed by atoms with Crippen LogP contribution in [-0.2, 0) is 16.1 Å². The van der Waals surface area contributed by atoms with Crippen molar-refractivity contribution in [2.24, 2.45) is 0 Å². The molecule has 5 aromatic carbocycles. The fourth-order valence-corrected chi connectivity index (χ4v) is 5.13. The normalized spacial score (nSPS) is 11.2. The van der Waals surface area contributed by atoms with Gasteiger partial charge >= 0.3 is 11.9 Å². The van der Waals surface area contributed by atoms with Gasteiger partial charge in [-0.2, -0.15) is 0 Å². The molecule has 38 heavy (non-hydrogen) atoms. The van der Waals surface area contributed by atoms with E-state index in [1.54, 1.807) is 12.1 Å². The van der Waals surface area contributed by atoms with Crippen molar-refractivity contribution in [3.8, 4) is 11.5 Å². The van der Waals surface area contributed by atoms with Crippen LogP contribution in [-0.4, -0.2) is 16.5 Å². The molecule has 0 unspecified atom stereocenters. The van der Waals surface area contributed by atoms with Crippen LogP contribution < -0.4 is 9.47 Å². The average Bonchev–Trinajstić information content (AvgIpc) is 3.26. The molecule has 0 N–H and O–H groups in total. The Bertz CT molecular complexity index is 1800. The van der Waals surface area contributed by atoms with E-state index in [-0.39, 0.29) is 11.5 Å². The largest absolute Gasteiger partial charge is 0.423 e. The molecule has 0 bridgehead atoms. The van der Waals surface area contributed by atoms with Crippen molar-refractivity contribution in [1.82, 2.24) is 4.57 Å². The summed E-state index contributed by atoms with van der Waals surface area (Å²) in [7, 11) is 0. The Hall–Kier alpha value is -5.16. The van der Waals surface area contributed by atoms with Gasteiger partial charge in [0.1, 0.15) is 11.5 Å². The lowest BCUT2D eigenvalue weighted by Gasteiger charge is -2.12. The minimum atomic E-state index is -0.599. The Morgan fingerprint density at radius 1 is 0.658 bits per heavy atom. The Balaban J connectivity index is 1.60. The van der Waals surface area contributed by atoms with E-state index in [4.69, 9.17) is 9.47 Å². The molecule has 184 valence electrons. The molecule has 0 fully saturated rings. The zero-order valence-electron chi connectivity index (χ0n) is 20.5. The molecule has 0 saturated heterocycles. The third-order valence-electron chi connectivity index (χ3n) is 6.70. The Morgan fingerprint density at radius 3 is 1.61 bits per heavy atom. The lowest BCUT2D eigenvalue weighted by Crippen LogP contribution is -2.07. The maximum atomic E-state index is 11.9. The van der Waals surface area contributed by atoms with Crippen LogP contribution in [0.3, 0.4) is 0 Å². The molecule has 1 heterocycles. The van der Waals surface area contributed by atoms with Gasteiger partial charge in [0.15, 0.2) is 0 Å². The summed E-state index contributed by atoms with van der Waals surface area (Å²) >= 11 is 0. The van der Waals surface area contributed by atoms with Crippen LogP contribution >= 0.6 is 0 Å². The van der Waals surface area contributed by atoms with Crippen molar-refractivity contribution in [3.63, 3.8) is 0 Å². The molecular weight excluding hydrogens is 474 g/mol. The van der Waals surface area contributed by atoms with E-state index < -0.39 is 11.9 Å². The lowest BCUT2D eigenvalue weighted by atomic mass is 10.00. The van der Waals surface area contributed by atoms with Crippen LogP contribution in [0.25, 0.3) is 43.4 Å². The first kappa shape index (κ1) is 23.3. The van der Waals surface area contributed by atoms with Gasteiger partial charge in [0.2, 0.25) is 0 Å². The highest BCUT2D eigenvalue weighted by atomic mass is 16.5. The molecular formula is C33H23NO4. The number of carbonyl (C=O) groups is 2. The van der Waals surface area contributed by atoms with Gasteiger partial charge in [-0.1, -0.05) is 73.8 Å². The summed E-state index contributed by atoms with van der Waals surface area (Å²) in [6.45, 7) is 7.38. The molecule has 6 aromatic rings. The van der Waals surface area contributed by atoms with Crippen molar-refractivity contribution in [3.05, 3.63) is 122 Å². The molecule has 5 nitrogen and oxygen atoms in total. The minimum Gasteiger partial charge on any atom is -0.423 e. The quantitative estimate of drug-likeness (QED) is 0.137. The van der Waals surface area contributed by atoms with Crippen molar-refractivity contribution in [1.29, 1.82) is 0 Å². The molecule has 0 aliphatic rings. The summed E-state index contributed by atoms with van der Waals surface area (Å²) in [5.41, 5.74) is 2.95. The highest BCUT2D eigenvalue weighted by Gasteiger charge is 2.17. The van der Waals surface area contributed by atoms with E-state index in [0.29, 0.717) is 6.54 Å². The van der Waals surface area contributed by atoms with Crippen LogP contribution in [0.1, 0.15) is 5.56 Å². The van der Waals surface area contributed by atoms with E-state index in [0.717, 1.165) is 28.7 Å². The Labute approximate surface area is 218 Å². The highest BCUT2D eigenvalue weighted by Crippen LogP contribution is 2.39. The number of hydrogen-bond donors (Lipinski definition) is 0. The maximum absolute atomic E-state index is 11.9. The molecule has 0 spiro atoms. The van der Waals surface area contributed by atoms with E-state index in [1.807, 2.05) is 12.1 Å². The first-order chi connectivity index (χ1) is 18.6. The van der Waals surface area contributed by atoms with E-state index in [2.05, 4.69) is 78.4 Å². The number of aromatic nitrogens is 1. The zero-order valence-corrected chi connectivity index (χ0v) is 20.5. The van der Waals surface area contributed by atoms with E-state index >= 15 is 0 Å². The second-order valence-corrected chi connectivity index (χ2v) is 9.01. The number of esters is 2. The van der Waals surface area contributed by atoms with Crippen LogP contribution in [0.15, 0.2) is 116 Å². The van der Waals surface area contributed by atoms with Gasteiger partial charge in [-0.05, 0) is 51.4 Å². The molecule has 6 rings (SSSR count). The second-order valence-electron chi connectivity index (χ2n) is 9.01. The fraction of sp³-hybridized carbons (Fsp3) is 0.0303. The van der Waals surface area contributed by atoms with Gasteiger partial charge < -0.3 is 14.0 Å². The zero-order chi connectivity index (χ0) is 26.2. The summed E-state index contributed by atoms with van der Waals surface area (Å²) < 4.78 is 13.0. The topological polar surface area (TPSA) is 57.5 Å². The lowest BCUT2D eigenvalue weighted by molar-refractivity contribution is -0.129. The first-order valence-electron chi connectivity index (χ1n) is 12.2. The van der Waals surface area contributed by atoms with Crippen LogP contribution in [0.5, 0.6) is 11.5 Å². The van der Waals surface area contributed by atoms with Crippen LogP contribution in [0.4, 0.5) is 0 Å². The molecule has 0 amide bonds. The number of fused-ring (bicyclic) bond motifs is 7. The monoisotopic (exact) mass is 497 g/mol.